The van der Waals surface area contributed by atoms with Crippen molar-refractivity contribution < 1.29 is 9.47 Å². The first kappa shape index (κ1) is 22.9. The molecule has 2 N–H and O–H groups in total. The van der Waals surface area contributed by atoms with Crippen LogP contribution in [-0.4, -0.2) is 37.3 Å². The Labute approximate surface area is 188 Å². The van der Waals surface area contributed by atoms with Crippen molar-refractivity contribution in [2.75, 3.05) is 20.7 Å². The number of hydrogen-bond donors (Lipinski definition) is 2. The van der Waals surface area contributed by atoms with Crippen LogP contribution >= 0.6 is 0 Å². The lowest BCUT2D eigenvalue weighted by Gasteiger charge is -2.18. The molecule has 0 bridgehead atoms. The van der Waals surface area contributed by atoms with E-state index in [1.807, 2.05) is 49.4 Å². The highest BCUT2D eigenvalue weighted by Gasteiger charge is 2.07. The van der Waals surface area contributed by atoms with E-state index in [0.717, 1.165) is 22.6 Å². The summed E-state index contributed by atoms with van der Waals surface area (Å²) in [5.74, 6) is 2.23. The van der Waals surface area contributed by atoms with E-state index in [9.17, 15) is 4.79 Å². The van der Waals surface area contributed by atoms with Crippen LogP contribution in [0.2, 0.25) is 0 Å². The van der Waals surface area contributed by atoms with Gasteiger partial charge in [-0.3, -0.25) is 9.79 Å². The average molecular weight is 435 g/mol. The summed E-state index contributed by atoms with van der Waals surface area (Å²) in [5.41, 5.74) is 2.20. The number of rotatable bonds is 9. The number of aliphatic imine (C=N–C) groups is 1. The highest BCUT2D eigenvalue weighted by molar-refractivity contribution is 5.79. The fourth-order valence-electron chi connectivity index (χ4n) is 3.15. The van der Waals surface area contributed by atoms with Crippen molar-refractivity contribution >= 4 is 5.96 Å². The number of guanidine groups is 1. The van der Waals surface area contributed by atoms with Crippen molar-refractivity contribution in [3.05, 3.63) is 94.4 Å². The molecule has 0 aliphatic carbocycles. The Balaban J connectivity index is 1.45. The lowest BCUT2D eigenvalue weighted by molar-refractivity contribution is 0.223. The molecule has 2 aromatic carbocycles. The lowest BCUT2D eigenvalue weighted by Crippen LogP contribution is -2.41. The van der Waals surface area contributed by atoms with E-state index < -0.39 is 0 Å². The van der Waals surface area contributed by atoms with Crippen LogP contribution in [0.1, 0.15) is 18.1 Å². The van der Waals surface area contributed by atoms with E-state index in [-0.39, 0.29) is 11.7 Å². The van der Waals surface area contributed by atoms with Gasteiger partial charge in [0.15, 0.2) is 5.96 Å². The predicted octanol–water partition coefficient (Wildman–Crippen LogP) is 3.04. The lowest BCUT2D eigenvalue weighted by atomic mass is 10.1. The first-order valence-electron chi connectivity index (χ1n) is 10.6. The molecule has 1 aromatic heterocycles. The molecule has 0 saturated heterocycles. The fourth-order valence-corrected chi connectivity index (χ4v) is 3.15. The third kappa shape index (κ3) is 6.91. The van der Waals surface area contributed by atoms with Gasteiger partial charge in [0.1, 0.15) is 17.6 Å². The fraction of sp³-hybridized carbons (Fsp3) is 0.280. The molecule has 32 heavy (non-hydrogen) atoms. The Morgan fingerprint density at radius 1 is 1.00 bits per heavy atom. The van der Waals surface area contributed by atoms with E-state index in [4.69, 9.17) is 9.47 Å². The van der Waals surface area contributed by atoms with E-state index >= 15 is 0 Å². The SMILES string of the molecule is CN=C(NCc1ccc(Cn2ccccc2=O)cc1)NCC(C)Oc1cccc(OC)c1. The quantitative estimate of drug-likeness (QED) is 0.400. The van der Waals surface area contributed by atoms with Crippen molar-refractivity contribution in [2.45, 2.75) is 26.1 Å². The molecule has 1 unspecified atom stereocenters. The predicted molar refractivity (Wildman–Crippen MR) is 128 cm³/mol. The number of nitrogens with zero attached hydrogens (tertiary/aromatic N) is 2. The molecule has 1 heterocycles. The minimum absolute atomic E-state index is 0.00211. The van der Waals surface area contributed by atoms with Crippen LogP contribution < -0.4 is 25.7 Å². The highest BCUT2D eigenvalue weighted by atomic mass is 16.5. The topological polar surface area (TPSA) is 76.9 Å². The summed E-state index contributed by atoms with van der Waals surface area (Å²) in [7, 11) is 3.38. The molecule has 0 spiro atoms. The zero-order valence-electron chi connectivity index (χ0n) is 18.7. The maximum absolute atomic E-state index is 11.9. The number of aromatic nitrogens is 1. The zero-order valence-corrected chi connectivity index (χ0v) is 18.7. The molecule has 0 amide bonds. The normalized spacial score (nSPS) is 12.2. The molecule has 0 aliphatic heterocycles. The summed E-state index contributed by atoms with van der Waals surface area (Å²) in [6.45, 7) is 3.79. The first-order valence-corrected chi connectivity index (χ1v) is 10.6. The number of nitrogens with one attached hydrogen (secondary N) is 2. The van der Waals surface area contributed by atoms with E-state index in [0.29, 0.717) is 25.6 Å². The third-order valence-electron chi connectivity index (χ3n) is 4.89. The number of ether oxygens (including phenoxy) is 2. The smallest absolute Gasteiger partial charge is 0.250 e. The molecule has 7 nitrogen and oxygen atoms in total. The first-order chi connectivity index (χ1) is 15.6. The van der Waals surface area contributed by atoms with Crippen LogP contribution in [0.25, 0.3) is 0 Å². The van der Waals surface area contributed by atoms with Crippen molar-refractivity contribution in [3.8, 4) is 11.5 Å². The zero-order chi connectivity index (χ0) is 22.8. The molecule has 1 atom stereocenters. The second kappa shape index (κ2) is 11.6. The average Bonchev–Trinajstić information content (AvgIpc) is 2.81. The molecule has 0 fully saturated rings. The van der Waals surface area contributed by atoms with Crippen LogP contribution in [0, 0.1) is 0 Å². The minimum Gasteiger partial charge on any atom is -0.497 e. The molecule has 168 valence electrons. The summed E-state index contributed by atoms with van der Waals surface area (Å²) in [5, 5.41) is 6.59. The Bertz CT molecular complexity index is 1080. The van der Waals surface area contributed by atoms with Crippen molar-refractivity contribution in [1.82, 2.24) is 15.2 Å². The molecule has 0 aliphatic rings. The highest BCUT2D eigenvalue weighted by Crippen LogP contribution is 2.19. The van der Waals surface area contributed by atoms with Gasteiger partial charge in [-0.1, -0.05) is 36.4 Å². The maximum Gasteiger partial charge on any atom is 0.250 e. The van der Waals surface area contributed by atoms with Gasteiger partial charge < -0.3 is 24.7 Å². The van der Waals surface area contributed by atoms with Gasteiger partial charge in [-0.2, -0.15) is 0 Å². The number of benzene rings is 2. The van der Waals surface area contributed by atoms with Crippen LogP contribution in [0.15, 0.2) is 82.7 Å². The van der Waals surface area contributed by atoms with Gasteiger partial charge >= 0.3 is 0 Å². The monoisotopic (exact) mass is 434 g/mol. The standard InChI is InChI=1S/C25H30N4O3/c1-19(32-23-8-6-7-22(15-23)31-3)16-27-25(26-2)28-17-20-10-12-21(13-11-20)18-29-14-5-4-9-24(29)30/h4-15,19H,16-18H2,1-3H3,(H2,26,27,28). The van der Waals surface area contributed by atoms with Gasteiger partial charge in [0.2, 0.25) is 0 Å². The van der Waals surface area contributed by atoms with Crippen LogP contribution in [-0.2, 0) is 13.1 Å². The van der Waals surface area contributed by atoms with Gasteiger partial charge in [0, 0.05) is 31.9 Å². The maximum atomic E-state index is 11.9. The summed E-state index contributed by atoms with van der Waals surface area (Å²) in [6, 6.07) is 20.9. The van der Waals surface area contributed by atoms with Crippen molar-refractivity contribution in [1.29, 1.82) is 0 Å². The molecular weight excluding hydrogens is 404 g/mol. The van der Waals surface area contributed by atoms with Crippen LogP contribution in [0.3, 0.4) is 0 Å². The molecule has 3 aromatic rings. The molecule has 0 saturated carbocycles. The second-order valence-corrected chi connectivity index (χ2v) is 7.40. The van der Waals surface area contributed by atoms with Crippen molar-refractivity contribution in [3.63, 3.8) is 0 Å². The van der Waals surface area contributed by atoms with Gasteiger partial charge in [-0.15, -0.1) is 0 Å². The summed E-state index contributed by atoms with van der Waals surface area (Å²) >= 11 is 0. The van der Waals surface area contributed by atoms with E-state index in [2.05, 4.69) is 27.8 Å². The summed E-state index contributed by atoms with van der Waals surface area (Å²) in [6.07, 6.45) is 1.74. The summed E-state index contributed by atoms with van der Waals surface area (Å²) in [4.78, 5) is 16.1. The van der Waals surface area contributed by atoms with E-state index in [1.165, 1.54) is 0 Å². The van der Waals surface area contributed by atoms with Gasteiger partial charge in [0.25, 0.3) is 5.56 Å². The number of hydrogen-bond acceptors (Lipinski definition) is 4. The molecule has 0 radical (unpaired) electrons. The van der Waals surface area contributed by atoms with E-state index in [1.54, 1.807) is 37.1 Å². The largest absolute Gasteiger partial charge is 0.497 e. The van der Waals surface area contributed by atoms with Crippen LogP contribution in [0.4, 0.5) is 0 Å². The Morgan fingerprint density at radius 2 is 1.75 bits per heavy atom. The Hall–Kier alpha value is -3.74. The van der Waals surface area contributed by atoms with Gasteiger partial charge in [-0.25, -0.2) is 0 Å². The molecule has 3 rings (SSSR count). The molecule has 7 heteroatoms. The van der Waals surface area contributed by atoms with Crippen LogP contribution in [0.5, 0.6) is 11.5 Å². The molecular formula is C25H30N4O3. The Morgan fingerprint density at radius 3 is 2.47 bits per heavy atom. The van der Waals surface area contributed by atoms with Gasteiger partial charge in [-0.05, 0) is 36.2 Å². The number of pyridine rings is 1. The number of methoxy groups -OCH3 is 1. The second-order valence-electron chi connectivity index (χ2n) is 7.40. The summed E-state index contributed by atoms with van der Waals surface area (Å²) < 4.78 is 12.9. The minimum atomic E-state index is -0.0543. The van der Waals surface area contributed by atoms with Gasteiger partial charge in [0.05, 0.1) is 20.2 Å². The Kier molecular flexibility index (Phi) is 8.31. The van der Waals surface area contributed by atoms with Crippen molar-refractivity contribution in [2.24, 2.45) is 4.99 Å². The third-order valence-corrected chi connectivity index (χ3v) is 4.89.